The molecule has 2 N–H and O–H groups in total. The molecular formula is C12H17NO3S. The molecule has 0 radical (unpaired) electrons. The number of hydrogen-bond donors (Lipinski definition) is 2. The van der Waals surface area contributed by atoms with Gasteiger partial charge in [0.2, 0.25) is 0 Å². The molecule has 0 bridgehead atoms. The van der Waals surface area contributed by atoms with E-state index in [0.29, 0.717) is 11.3 Å². The summed E-state index contributed by atoms with van der Waals surface area (Å²) in [7, 11) is -0.756. The standard InChI is InChI=1S/C12H17NO3S/c1-9-8-10(12(14)15)4-5-11(9)13-6-3-7-17(2)16/h4-5,8,13H,3,6-7H2,1-2H3,(H,14,15). The van der Waals surface area contributed by atoms with Crippen LogP contribution in [0, 0.1) is 6.92 Å². The van der Waals surface area contributed by atoms with Crippen LogP contribution in [0.15, 0.2) is 18.2 Å². The van der Waals surface area contributed by atoms with Gasteiger partial charge < -0.3 is 10.4 Å². The maximum Gasteiger partial charge on any atom is 0.335 e. The molecular weight excluding hydrogens is 238 g/mol. The van der Waals surface area contributed by atoms with Gasteiger partial charge in [-0.05, 0) is 37.1 Å². The molecule has 4 nitrogen and oxygen atoms in total. The first-order valence-electron chi connectivity index (χ1n) is 5.38. The van der Waals surface area contributed by atoms with Crippen molar-refractivity contribution in [3.8, 4) is 0 Å². The van der Waals surface area contributed by atoms with Gasteiger partial charge in [0.05, 0.1) is 5.56 Å². The molecule has 0 aromatic heterocycles. The third kappa shape index (κ3) is 4.56. The molecule has 0 aliphatic rings. The lowest BCUT2D eigenvalue weighted by Crippen LogP contribution is -2.07. The first kappa shape index (κ1) is 13.7. The Morgan fingerprint density at radius 1 is 1.47 bits per heavy atom. The van der Waals surface area contributed by atoms with Gasteiger partial charge in [0.1, 0.15) is 0 Å². The van der Waals surface area contributed by atoms with Gasteiger partial charge in [0, 0.05) is 35.0 Å². The summed E-state index contributed by atoms with van der Waals surface area (Å²) in [6.45, 7) is 2.61. The Bertz CT molecular complexity index is 432. The highest BCUT2D eigenvalue weighted by Crippen LogP contribution is 2.16. The first-order chi connectivity index (χ1) is 8.00. The fourth-order valence-electron chi connectivity index (χ4n) is 1.49. The van der Waals surface area contributed by atoms with Crippen molar-refractivity contribution in [2.75, 3.05) is 23.9 Å². The van der Waals surface area contributed by atoms with E-state index in [1.54, 1.807) is 24.5 Å². The Morgan fingerprint density at radius 2 is 2.18 bits per heavy atom. The molecule has 0 aliphatic carbocycles. The maximum absolute atomic E-state index is 10.9. The van der Waals surface area contributed by atoms with Crippen LogP contribution in [0.4, 0.5) is 5.69 Å². The van der Waals surface area contributed by atoms with Crippen molar-refractivity contribution in [3.63, 3.8) is 0 Å². The summed E-state index contributed by atoms with van der Waals surface area (Å²) >= 11 is 0. The quantitative estimate of drug-likeness (QED) is 0.762. The van der Waals surface area contributed by atoms with Crippen molar-refractivity contribution in [2.45, 2.75) is 13.3 Å². The summed E-state index contributed by atoms with van der Waals surface area (Å²) in [5.41, 5.74) is 2.13. The van der Waals surface area contributed by atoms with Crippen LogP contribution in [-0.4, -0.2) is 33.8 Å². The van der Waals surface area contributed by atoms with Crippen molar-refractivity contribution in [1.82, 2.24) is 0 Å². The molecule has 1 unspecified atom stereocenters. The highest BCUT2D eigenvalue weighted by molar-refractivity contribution is 7.84. The minimum absolute atomic E-state index is 0.294. The number of nitrogens with one attached hydrogen (secondary N) is 1. The number of carboxylic acid groups (broad SMARTS) is 1. The number of anilines is 1. The van der Waals surface area contributed by atoms with Crippen LogP contribution in [0.25, 0.3) is 0 Å². The normalized spacial score (nSPS) is 12.1. The number of carbonyl (C=O) groups is 1. The lowest BCUT2D eigenvalue weighted by atomic mass is 10.1. The Hall–Kier alpha value is -1.36. The summed E-state index contributed by atoms with van der Waals surface area (Å²) in [6.07, 6.45) is 2.52. The molecule has 0 saturated carbocycles. The number of hydrogen-bond acceptors (Lipinski definition) is 3. The van der Waals surface area contributed by atoms with E-state index >= 15 is 0 Å². The highest BCUT2D eigenvalue weighted by atomic mass is 32.2. The lowest BCUT2D eigenvalue weighted by molar-refractivity contribution is 0.0697. The van der Waals surface area contributed by atoms with Gasteiger partial charge in [0.25, 0.3) is 0 Å². The van der Waals surface area contributed by atoms with E-state index in [0.717, 1.165) is 24.2 Å². The molecule has 1 atom stereocenters. The van der Waals surface area contributed by atoms with Gasteiger partial charge in [-0.25, -0.2) is 4.79 Å². The number of rotatable bonds is 6. The molecule has 0 fully saturated rings. The second-order valence-electron chi connectivity index (χ2n) is 3.89. The van der Waals surface area contributed by atoms with E-state index in [2.05, 4.69) is 5.32 Å². The summed E-state index contributed by atoms with van der Waals surface area (Å²) < 4.78 is 10.9. The van der Waals surface area contributed by atoms with E-state index in [-0.39, 0.29) is 0 Å². The molecule has 0 amide bonds. The minimum atomic E-state index is -0.916. The van der Waals surface area contributed by atoms with Crippen LogP contribution < -0.4 is 5.32 Å². The van der Waals surface area contributed by atoms with Crippen molar-refractivity contribution < 1.29 is 14.1 Å². The number of benzene rings is 1. The Kier molecular flexibility index (Phi) is 5.15. The predicted molar refractivity (Wildman–Crippen MR) is 70.2 cm³/mol. The number of carboxylic acids is 1. The van der Waals surface area contributed by atoms with Crippen molar-refractivity contribution in [3.05, 3.63) is 29.3 Å². The Balaban J connectivity index is 2.54. The average molecular weight is 255 g/mol. The van der Waals surface area contributed by atoms with Gasteiger partial charge in [-0.3, -0.25) is 4.21 Å². The zero-order valence-electron chi connectivity index (χ0n) is 10.0. The van der Waals surface area contributed by atoms with E-state index in [1.807, 2.05) is 6.92 Å². The molecule has 0 heterocycles. The van der Waals surface area contributed by atoms with Crippen LogP contribution in [0.1, 0.15) is 22.3 Å². The van der Waals surface area contributed by atoms with Gasteiger partial charge >= 0.3 is 5.97 Å². The monoisotopic (exact) mass is 255 g/mol. The van der Waals surface area contributed by atoms with Gasteiger partial charge in [-0.1, -0.05) is 0 Å². The topological polar surface area (TPSA) is 66.4 Å². The second kappa shape index (κ2) is 6.39. The predicted octanol–water partition coefficient (Wildman–Crippen LogP) is 1.87. The molecule has 17 heavy (non-hydrogen) atoms. The van der Waals surface area contributed by atoms with Crippen molar-refractivity contribution in [2.24, 2.45) is 0 Å². The van der Waals surface area contributed by atoms with Gasteiger partial charge in [0.15, 0.2) is 0 Å². The molecule has 94 valence electrons. The average Bonchev–Trinajstić information content (AvgIpc) is 2.25. The van der Waals surface area contributed by atoms with Crippen molar-refractivity contribution in [1.29, 1.82) is 0 Å². The van der Waals surface area contributed by atoms with Crippen LogP contribution in [-0.2, 0) is 10.8 Å². The van der Waals surface area contributed by atoms with Crippen LogP contribution in [0.5, 0.6) is 0 Å². The van der Waals surface area contributed by atoms with Crippen molar-refractivity contribution >= 4 is 22.5 Å². The van der Waals surface area contributed by atoms with E-state index in [9.17, 15) is 9.00 Å². The molecule has 0 saturated heterocycles. The van der Waals surface area contributed by atoms with Gasteiger partial charge in [-0.2, -0.15) is 0 Å². The number of aryl methyl sites for hydroxylation is 1. The molecule has 5 heteroatoms. The molecule has 0 spiro atoms. The van der Waals surface area contributed by atoms with E-state index in [4.69, 9.17) is 5.11 Å². The molecule has 1 rings (SSSR count). The second-order valence-corrected chi connectivity index (χ2v) is 5.45. The fraction of sp³-hybridized carbons (Fsp3) is 0.417. The van der Waals surface area contributed by atoms with Crippen LogP contribution >= 0.6 is 0 Å². The lowest BCUT2D eigenvalue weighted by Gasteiger charge is -2.09. The number of aromatic carboxylic acids is 1. The summed E-state index contributed by atoms with van der Waals surface area (Å²) in [5, 5.41) is 12.0. The Labute approximate surface area is 104 Å². The van der Waals surface area contributed by atoms with E-state index < -0.39 is 16.8 Å². The molecule has 1 aromatic carbocycles. The van der Waals surface area contributed by atoms with E-state index in [1.165, 1.54) is 0 Å². The molecule has 1 aromatic rings. The Morgan fingerprint density at radius 3 is 2.71 bits per heavy atom. The molecule has 0 aliphatic heterocycles. The highest BCUT2D eigenvalue weighted by Gasteiger charge is 2.05. The summed E-state index contributed by atoms with van der Waals surface area (Å²) in [6, 6.07) is 4.99. The third-order valence-electron chi connectivity index (χ3n) is 2.40. The van der Waals surface area contributed by atoms with Crippen LogP contribution in [0.3, 0.4) is 0 Å². The summed E-state index contributed by atoms with van der Waals surface area (Å²) in [5.74, 6) is -0.236. The SMILES string of the molecule is Cc1cc(C(=O)O)ccc1NCCCS(C)=O. The fourth-order valence-corrected chi connectivity index (χ4v) is 2.04. The van der Waals surface area contributed by atoms with Crippen LogP contribution in [0.2, 0.25) is 0 Å². The minimum Gasteiger partial charge on any atom is -0.478 e. The smallest absolute Gasteiger partial charge is 0.335 e. The summed E-state index contributed by atoms with van der Waals surface area (Å²) in [4.78, 5) is 10.7. The first-order valence-corrected chi connectivity index (χ1v) is 7.11. The largest absolute Gasteiger partial charge is 0.478 e. The third-order valence-corrected chi connectivity index (χ3v) is 3.26. The zero-order valence-corrected chi connectivity index (χ0v) is 10.8. The zero-order chi connectivity index (χ0) is 12.8. The maximum atomic E-state index is 10.9. The van der Waals surface area contributed by atoms with Gasteiger partial charge in [-0.15, -0.1) is 0 Å².